The maximum atomic E-state index is 14.2. The summed E-state index contributed by atoms with van der Waals surface area (Å²) in [5.41, 5.74) is 1.98. The van der Waals surface area contributed by atoms with Crippen LogP contribution < -0.4 is 34.4 Å². The lowest BCUT2D eigenvalue weighted by molar-refractivity contribution is -0.131. The van der Waals surface area contributed by atoms with Crippen LogP contribution in [0.4, 0.5) is 14.5 Å². The largest absolute Gasteiger partial charge is 0.496 e. The van der Waals surface area contributed by atoms with E-state index < -0.39 is 29.3 Å². The number of fused-ring (bicyclic) bond motifs is 6. The van der Waals surface area contributed by atoms with Crippen LogP contribution in [0.25, 0.3) is 6.08 Å². The molecule has 2 aliphatic rings. The molecular weight excluding hydrogens is 624 g/mol. The fourth-order valence-electron chi connectivity index (χ4n) is 6.17. The molecule has 0 radical (unpaired) electrons. The van der Waals surface area contributed by atoms with Crippen molar-refractivity contribution in [3.05, 3.63) is 139 Å². The number of hydrogen-bond donors (Lipinski definition) is 1. The van der Waals surface area contributed by atoms with Gasteiger partial charge in [-0.1, -0.05) is 53.8 Å². The highest BCUT2D eigenvalue weighted by Gasteiger charge is 2.55. The van der Waals surface area contributed by atoms with Gasteiger partial charge >= 0.3 is 0 Å². The zero-order valence-corrected chi connectivity index (χ0v) is 26.4. The van der Waals surface area contributed by atoms with Gasteiger partial charge in [0.1, 0.15) is 29.8 Å². The molecule has 3 heterocycles. The van der Waals surface area contributed by atoms with E-state index >= 15 is 0 Å². The van der Waals surface area contributed by atoms with Gasteiger partial charge in [0.15, 0.2) is 16.4 Å². The fourth-order valence-corrected chi connectivity index (χ4v) is 7.27. The lowest BCUT2D eigenvalue weighted by Crippen LogP contribution is -2.59. The molecule has 11 heteroatoms. The monoisotopic (exact) mass is 653 g/mol. The van der Waals surface area contributed by atoms with Crippen molar-refractivity contribution < 1.29 is 27.8 Å². The number of amides is 1. The van der Waals surface area contributed by atoms with Gasteiger partial charge in [0.2, 0.25) is 11.6 Å². The number of thiazole rings is 1. The lowest BCUT2D eigenvalue weighted by Gasteiger charge is -2.45. The van der Waals surface area contributed by atoms with E-state index in [9.17, 15) is 18.4 Å². The molecule has 0 fully saturated rings. The topological polar surface area (TPSA) is 91.2 Å². The summed E-state index contributed by atoms with van der Waals surface area (Å²) in [7, 11) is 1.51. The first-order chi connectivity index (χ1) is 22.6. The Balaban J connectivity index is 1.29. The van der Waals surface area contributed by atoms with Crippen LogP contribution >= 0.6 is 11.3 Å². The lowest BCUT2D eigenvalue weighted by atomic mass is 9.80. The van der Waals surface area contributed by atoms with Crippen LogP contribution in [0.2, 0.25) is 0 Å². The minimum atomic E-state index is -1.28. The van der Waals surface area contributed by atoms with Crippen molar-refractivity contribution in [3.63, 3.8) is 0 Å². The van der Waals surface area contributed by atoms with Gasteiger partial charge in [-0.2, -0.15) is 0 Å². The molecule has 1 aromatic heterocycles. The van der Waals surface area contributed by atoms with E-state index in [0.29, 0.717) is 37.6 Å². The highest BCUT2D eigenvalue weighted by Crippen LogP contribution is 2.47. The highest BCUT2D eigenvalue weighted by atomic mass is 32.1. The number of carbonyl (C=O) groups excluding carboxylic acids is 1. The first kappa shape index (κ1) is 30.4. The van der Waals surface area contributed by atoms with Gasteiger partial charge in [-0.25, -0.2) is 13.8 Å². The number of aromatic nitrogens is 1. The number of nitrogens with one attached hydrogen (secondary N) is 1. The Hall–Kier alpha value is -5.29. The van der Waals surface area contributed by atoms with Crippen LogP contribution in [0.3, 0.4) is 0 Å². The van der Waals surface area contributed by atoms with Crippen LogP contribution in [0.15, 0.2) is 94.7 Å². The zero-order chi connectivity index (χ0) is 32.9. The summed E-state index contributed by atoms with van der Waals surface area (Å²) in [5.74, 6) is -1.71. The van der Waals surface area contributed by atoms with Crippen molar-refractivity contribution >= 4 is 29.0 Å². The summed E-state index contributed by atoms with van der Waals surface area (Å²) in [6.07, 6.45) is 1.73. The molecule has 7 rings (SSSR count). The molecule has 47 heavy (non-hydrogen) atoms. The number of hydrogen-bond acceptors (Lipinski definition) is 7. The second kappa shape index (κ2) is 11.8. The standard InChI is InChI=1S/C36H29F2N3O5S/c1-20-8-4-6-10-26(20)39-33(42)31-32-24-9-5-7-11-28(24)46-36(31,2)40-35-41(32)34(43)30(47-35)17-21-12-14-27(44-3)22(16-21)19-45-29-15-13-23(37)18-25(29)38/h4-18,31-32H,19H2,1-3H3,(H,39,42)/b30-17+/t31-,32-,36+/m0/s1. The minimum absolute atomic E-state index is 0.0606. The van der Waals surface area contributed by atoms with Crippen LogP contribution in [0.5, 0.6) is 17.2 Å². The summed E-state index contributed by atoms with van der Waals surface area (Å²) < 4.78 is 47.1. The molecule has 0 saturated heterocycles. The number of ether oxygens (including phenoxy) is 3. The van der Waals surface area contributed by atoms with Crippen molar-refractivity contribution in [2.75, 3.05) is 12.4 Å². The number of nitrogens with zero attached hydrogens (tertiary/aromatic N) is 2. The molecule has 0 spiro atoms. The number of rotatable bonds is 7. The molecule has 1 amide bonds. The number of para-hydroxylation sites is 2. The molecule has 0 saturated carbocycles. The smallest absolute Gasteiger partial charge is 0.270 e. The van der Waals surface area contributed by atoms with Crippen LogP contribution in [0, 0.1) is 24.5 Å². The van der Waals surface area contributed by atoms with E-state index in [2.05, 4.69) is 5.32 Å². The Labute approximate surface area is 272 Å². The zero-order valence-electron chi connectivity index (χ0n) is 25.6. The van der Waals surface area contributed by atoms with Gasteiger partial charge in [-0.15, -0.1) is 0 Å². The van der Waals surface area contributed by atoms with Crippen LogP contribution in [-0.2, 0) is 11.4 Å². The van der Waals surface area contributed by atoms with Crippen molar-refractivity contribution in [2.45, 2.75) is 32.2 Å². The molecule has 1 N–H and O–H groups in total. The predicted octanol–water partition coefficient (Wildman–Crippen LogP) is 5.50. The van der Waals surface area contributed by atoms with Gasteiger partial charge in [-0.05, 0) is 67.4 Å². The summed E-state index contributed by atoms with van der Waals surface area (Å²) in [6.45, 7) is 3.63. The molecule has 2 bridgehead atoms. The first-order valence-electron chi connectivity index (χ1n) is 14.9. The summed E-state index contributed by atoms with van der Waals surface area (Å²) >= 11 is 1.21. The van der Waals surface area contributed by atoms with Crippen LogP contribution in [-0.4, -0.2) is 23.3 Å². The van der Waals surface area contributed by atoms with E-state index in [4.69, 9.17) is 19.2 Å². The third-order valence-corrected chi connectivity index (χ3v) is 9.43. The Morgan fingerprint density at radius 2 is 1.83 bits per heavy atom. The van der Waals surface area contributed by atoms with Crippen molar-refractivity contribution in [1.82, 2.24) is 4.57 Å². The van der Waals surface area contributed by atoms with Gasteiger partial charge in [0, 0.05) is 22.9 Å². The first-order valence-corrected chi connectivity index (χ1v) is 15.7. The van der Waals surface area contributed by atoms with Crippen molar-refractivity contribution in [3.8, 4) is 17.2 Å². The minimum Gasteiger partial charge on any atom is -0.496 e. The molecule has 4 aromatic carbocycles. The number of methoxy groups -OCH3 is 1. The molecule has 5 aromatic rings. The number of benzene rings is 4. The van der Waals surface area contributed by atoms with E-state index in [1.807, 2.05) is 55.5 Å². The number of halogens is 2. The van der Waals surface area contributed by atoms with E-state index in [0.717, 1.165) is 23.3 Å². The third-order valence-electron chi connectivity index (χ3n) is 8.44. The van der Waals surface area contributed by atoms with Gasteiger partial charge in [0.25, 0.3) is 5.56 Å². The number of carbonyl (C=O) groups is 1. The van der Waals surface area contributed by atoms with E-state index in [1.54, 1.807) is 35.8 Å². The van der Waals surface area contributed by atoms with E-state index in [-0.39, 0.29) is 23.8 Å². The van der Waals surface area contributed by atoms with E-state index in [1.165, 1.54) is 24.5 Å². The second-order valence-corrected chi connectivity index (χ2v) is 12.5. The normalized spacial score (nSPS) is 19.6. The molecule has 0 unspecified atom stereocenters. The van der Waals surface area contributed by atoms with Gasteiger partial charge < -0.3 is 19.5 Å². The molecular formula is C36H29F2N3O5S. The Morgan fingerprint density at radius 1 is 1.06 bits per heavy atom. The molecule has 2 aliphatic heterocycles. The highest BCUT2D eigenvalue weighted by molar-refractivity contribution is 7.07. The third kappa shape index (κ3) is 5.46. The summed E-state index contributed by atoms with van der Waals surface area (Å²) in [5, 5.41) is 3.04. The van der Waals surface area contributed by atoms with Crippen molar-refractivity contribution in [1.29, 1.82) is 0 Å². The summed E-state index contributed by atoms with van der Waals surface area (Å²) in [4.78, 5) is 33.5. The fraction of sp³-hybridized carbons (Fsp3) is 0.194. The summed E-state index contributed by atoms with van der Waals surface area (Å²) in [6, 6.07) is 22.6. The average Bonchev–Trinajstić information content (AvgIpc) is 3.34. The van der Waals surface area contributed by atoms with Crippen molar-refractivity contribution in [2.24, 2.45) is 10.9 Å². The Bertz CT molecular complexity index is 2230. The Morgan fingerprint density at radius 3 is 2.62 bits per heavy atom. The van der Waals surface area contributed by atoms with Gasteiger partial charge in [0.05, 0.1) is 17.7 Å². The second-order valence-electron chi connectivity index (χ2n) is 11.5. The van der Waals surface area contributed by atoms with Crippen LogP contribution in [0.1, 0.15) is 35.2 Å². The van der Waals surface area contributed by atoms with Gasteiger partial charge in [-0.3, -0.25) is 14.2 Å². The number of anilines is 1. The molecule has 8 nitrogen and oxygen atoms in total. The quantitative estimate of drug-likeness (QED) is 0.251. The molecule has 0 aliphatic carbocycles. The predicted molar refractivity (Wildman–Crippen MR) is 174 cm³/mol. The SMILES string of the molecule is COc1ccc(/C=c2/sc3n(c2=O)[C@H]2c4ccccc4O[C@@](C)(N=3)[C@@H]2C(=O)Nc2ccccc2C)cc1COc1ccc(F)cc1F. The number of aryl methyl sites for hydroxylation is 1. The maximum Gasteiger partial charge on any atom is 0.270 e. The Kier molecular flexibility index (Phi) is 7.63. The average molecular weight is 654 g/mol. The maximum absolute atomic E-state index is 14.2. The molecule has 238 valence electrons. The molecule has 3 atom stereocenters.